The van der Waals surface area contributed by atoms with Crippen LogP contribution in [0.2, 0.25) is 0 Å². The fraction of sp³-hybridized carbons (Fsp3) is 0.625. The zero-order chi connectivity index (χ0) is 15.5. The van der Waals surface area contributed by atoms with Gasteiger partial charge in [0.15, 0.2) is 0 Å². The van der Waals surface area contributed by atoms with E-state index in [1.54, 1.807) is 6.07 Å². The van der Waals surface area contributed by atoms with E-state index >= 15 is 0 Å². The number of hydrogen-bond donors (Lipinski definition) is 2. The Labute approximate surface area is 148 Å². The molecule has 22 heavy (non-hydrogen) atoms. The van der Waals surface area contributed by atoms with Crippen molar-refractivity contribution >= 4 is 31.9 Å². The van der Waals surface area contributed by atoms with Gasteiger partial charge in [0.25, 0.3) is 0 Å². The van der Waals surface area contributed by atoms with E-state index in [1.807, 2.05) is 6.07 Å². The van der Waals surface area contributed by atoms with Gasteiger partial charge in [0.05, 0.1) is 0 Å². The molecule has 1 atom stereocenters. The van der Waals surface area contributed by atoms with Gasteiger partial charge in [0, 0.05) is 59.9 Å². The van der Waals surface area contributed by atoms with Gasteiger partial charge < -0.3 is 15.2 Å². The van der Waals surface area contributed by atoms with Gasteiger partial charge >= 0.3 is 0 Å². The van der Waals surface area contributed by atoms with Gasteiger partial charge in [-0.15, -0.1) is 0 Å². The Morgan fingerprint density at radius 1 is 1.18 bits per heavy atom. The fourth-order valence-electron chi connectivity index (χ4n) is 3.57. The summed E-state index contributed by atoms with van der Waals surface area (Å²) in [6.45, 7) is 5.70. The van der Waals surface area contributed by atoms with Crippen LogP contribution in [0.15, 0.2) is 21.1 Å². The summed E-state index contributed by atoms with van der Waals surface area (Å²) in [7, 11) is 0. The van der Waals surface area contributed by atoms with E-state index in [0.29, 0.717) is 11.7 Å². The largest absolute Gasteiger partial charge is 0.508 e. The van der Waals surface area contributed by atoms with Crippen molar-refractivity contribution in [3.8, 4) is 5.75 Å². The van der Waals surface area contributed by atoms with E-state index in [1.165, 1.54) is 0 Å². The predicted molar refractivity (Wildman–Crippen MR) is 94.2 cm³/mol. The van der Waals surface area contributed by atoms with E-state index < -0.39 is 0 Å². The van der Waals surface area contributed by atoms with Crippen LogP contribution in [0.25, 0.3) is 0 Å². The van der Waals surface area contributed by atoms with Crippen molar-refractivity contribution < 1.29 is 9.84 Å². The molecule has 0 radical (unpaired) electrons. The molecule has 1 aromatic carbocycles. The van der Waals surface area contributed by atoms with Crippen LogP contribution in [0.3, 0.4) is 0 Å². The number of phenols is 1. The SMILES string of the molecule is Oc1cc(Br)cc(Br)c1[C@@H](C1CCOCC1)N1CCNCC1. The van der Waals surface area contributed by atoms with Gasteiger partial charge in [-0.05, 0) is 30.9 Å². The van der Waals surface area contributed by atoms with Gasteiger partial charge in [-0.3, -0.25) is 4.90 Å². The molecule has 122 valence electrons. The Hall–Kier alpha value is -0.140. The number of phenolic OH excluding ortho intramolecular Hbond substituents is 1. The summed E-state index contributed by atoms with van der Waals surface area (Å²) in [5.74, 6) is 0.895. The van der Waals surface area contributed by atoms with Crippen molar-refractivity contribution in [2.45, 2.75) is 18.9 Å². The molecule has 3 rings (SSSR count). The Balaban J connectivity index is 1.96. The second kappa shape index (κ2) is 7.62. The third-order valence-electron chi connectivity index (χ3n) is 4.63. The summed E-state index contributed by atoms with van der Waals surface area (Å²) in [6.07, 6.45) is 2.10. The number of halogens is 2. The molecule has 2 aliphatic rings. The maximum Gasteiger partial charge on any atom is 0.122 e. The Morgan fingerprint density at radius 3 is 2.50 bits per heavy atom. The number of aromatic hydroxyl groups is 1. The van der Waals surface area contributed by atoms with Crippen molar-refractivity contribution in [3.05, 3.63) is 26.6 Å². The van der Waals surface area contributed by atoms with Crippen LogP contribution < -0.4 is 5.32 Å². The molecule has 0 saturated carbocycles. The summed E-state index contributed by atoms with van der Waals surface area (Å²) in [4.78, 5) is 2.51. The highest BCUT2D eigenvalue weighted by Gasteiger charge is 2.34. The lowest BCUT2D eigenvalue weighted by molar-refractivity contribution is 0.0204. The topological polar surface area (TPSA) is 44.7 Å². The fourth-order valence-corrected chi connectivity index (χ4v) is 5.01. The molecular weight excluding hydrogens is 412 g/mol. The third-order valence-corrected chi connectivity index (χ3v) is 5.74. The lowest BCUT2D eigenvalue weighted by Crippen LogP contribution is -2.47. The average Bonchev–Trinajstić information content (AvgIpc) is 2.52. The van der Waals surface area contributed by atoms with E-state index in [4.69, 9.17) is 4.74 Å². The van der Waals surface area contributed by atoms with Gasteiger partial charge in [-0.1, -0.05) is 31.9 Å². The minimum Gasteiger partial charge on any atom is -0.508 e. The summed E-state index contributed by atoms with van der Waals surface area (Å²) in [6, 6.07) is 4.08. The molecule has 0 aromatic heterocycles. The number of nitrogens with zero attached hydrogens (tertiary/aromatic N) is 1. The predicted octanol–water partition coefficient (Wildman–Crippen LogP) is 3.29. The molecule has 2 fully saturated rings. The van der Waals surface area contributed by atoms with Crippen molar-refractivity contribution in [1.82, 2.24) is 10.2 Å². The van der Waals surface area contributed by atoms with Crippen LogP contribution >= 0.6 is 31.9 Å². The summed E-state index contributed by atoms with van der Waals surface area (Å²) < 4.78 is 7.42. The lowest BCUT2D eigenvalue weighted by Gasteiger charge is -2.41. The normalized spacial score (nSPS) is 22.6. The molecule has 2 aliphatic heterocycles. The van der Waals surface area contributed by atoms with E-state index in [2.05, 4.69) is 42.1 Å². The van der Waals surface area contributed by atoms with Crippen LogP contribution in [-0.2, 0) is 4.74 Å². The molecule has 1 aromatic rings. The van der Waals surface area contributed by atoms with Gasteiger partial charge in [-0.25, -0.2) is 0 Å². The Morgan fingerprint density at radius 2 is 1.86 bits per heavy atom. The third kappa shape index (κ3) is 3.67. The maximum atomic E-state index is 10.6. The van der Waals surface area contributed by atoms with Crippen molar-refractivity contribution in [1.29, 1.82) is 0 Å². The smallest absolute Gasteiger partial charge is 0.122 e. The average molecular weight is 434 g/mol. The monoisotopic (exact) mass is 432 g/mol. The first kappa shape index (κ1) is 16.7. The molecule has 0 unspecified atom stereocenters. The van der Waals surface area contributed by atoms with E-state index in [0.717, 1.165) is 66.7 Å². The first-order valence-corrected chi connectivity index (χ1v) is 9.46. The molecule has 4 nitrogen and oxygen atoms in total. The molecule has 6 heteroatoms. The van der Waals surface area contributed by atoms with E-state index in [-0.39, 0.29) is 6.04 Å². The second-order valence-corrected chi connectivity index (χ2v) is 7.77. The summed E-state index contributed by atoms with van der Waals surface area (Å²) in [5, 5.41) is 14.0. The van der Waals surface area contributed by atoms with Crippen LogP contribution in [0.4, 0.5) is 0 Å². The summed E-state index contributed by atoms with van der Waals surface area (Å²) in [5.41, 5.74) is 1.03. The molecule has 2 N–H and O–H groups in total. The van der Waals surface area contributed by atoms with Gasteiger partial charge in [-0.2, -0.15) is 0 Å². The number of rotatable bonds is 3. The highest BCUT2D eigenvalue weighted by molar-refractivity contribution is 9.11. The van der Waals surface area contributed by atoms with Crippen LogP contribution in [0.1, 0.15) is 24.4 Å². The van der Waals surface area contributed by atoms with Crippen LogP contribution in [0.5, 0.6) is 5.75 Å². The Bertz CT molecular complexity index is 474. The maximum absolute atomic E-state index is 10.6. The molecule has 2 saturated heterocycles. The van der Waals surface area contributed by atoms with Crippen molar-refractivity contribution in [3.63, 3.8) is 0 Å². The highest BCUT2D eigenvalue weighted by Crippen LogP contribution is 2.43. The zero-order valence-corrected chi connectivity index (χ0v) is 15.7. The minimum atomic E-state index is 0.244. The summed E-state index contributed by atoms with van der Waals surface area (Å²) >= 11 is 7.12. The highest BCUT2D eigenvalue weighted by atomic mass is 79.9. The number of ether oxygens (including phenoxy) is 1. The Kier molecular flexibility index (Phi) is 5.79. The molecule has 2 heterocycles. The van der Waals surface area contributed by atoms with Crippen molar-refractivity contribution in [2.24, 2.45) is 5.92 Å². The number of nitrogens with one attached hydrogen (secondary N) is 1. The number of piperazine rings is 1. The van der Waals surface area contributed by atoms with Gasteiger partial charge in [0.2, 0.25) is 0 Å². The molecule has 0 bridgehead atoms. The lowest BCUT2D eigenvalue weighted by atomic mass is 9.85. The molecule has 0 spiro atoms. The molecular formula is C16H22Br2N2O2. The first-order valence-electron chi connectivity index (χ1n) is 7.87. The van der Waals surface area contributed by atoms with Crippen LogP contribution in [-0.4, -0.2) is 49.4 Å². The first-order chi connectivity index (χ1) is 10.7. The van der Waals surface area contributed by atoms with Crippen molar-refractivity contribution in [2.75, 3.05) is 39.4 Å². The molecule has 0 aliphatic carbocycles. The minimum absolute atomic E-state index is 0.244. The standard InChI is InChI=1S/C16H22Br2N2O2/c17-12-9-13(18)15(14(21)10-12)16(11-1-7-22-8-2-11)20-5-3-19-4-6-20/h9-11,16,19,21H,1-8H2/t16-/m1/s1. The molecule has 0 amide bonds. The number of hydrogen-bond acceptors (Lipinski definition) is 4. The second-order valence-electron chi connectivity index (χ2n) is 6.00. The van der Waals surface area contributed by atoms with Crippen LogP contribution in [0, 0.1) is 5.92 Å². The van der Waals surface area contributed by atoms with E-state index in [9.17, 15) is 5.11 Å². The quantitative estimate of drug-likeness (QED) is 0.767. The number of benzene rings is 1. The zero-order valence-electron chi connectivity index (χ0n) is 12.5. The van der Waals surface area contributed by atoms with Gasteiger partial charge in [0.1, 0.15) is 5.75 Å².